The lowest BCUT2D eigenvalue weighted by atomic mass is 10.2. The van der Waals surface area contributed by atoms with Gasteiger partial charge in [0.15, 0.2) is 0 Å². The molecule has 126 valence electrons. The second-order valence-corrected chi connectivity index (χ2v) is 5.80. The summed E-state index contributed by atoms with van der Waals surface area (Å²) in [5.74, 6) is -0.580. The minimum absolute atomic E-state index is 0.103. The molecule has 6 nitrogen and oxygen atoms in total. The van der Waals surface area contributed by atoms with Gasteiger partial charge in [0.2, 0.25) is 0 Å². The first-order chi connectivity index (χ1) is 12.0. The molecular formula is C18H14ClN3O3. The Morgan fingerprint density at radius 3 is 2.36 bits per heavy atom. The van der Waals surface area contributed by atoms with Crippen molar-refractivity contribution in [2.24, 2.45) is 0 Å². The molecule has 0 aliphatic heterocycles. The van der Waals surface area contributed by atoms with E-state index >= 15 is 0 Å². The molecule has 1 aromatic heterocycles. The topological polar surface area (TPSA) is 84.0 Å². The van der Waals surface area contributed by atoms with Gasteiger partial charge in [0.05, 0.1) is 6.54 Å². The van der Waals surface area contributed by atoms with E-state index in [4.69, 9.17) is 11.6 Å². The maximum Gasteiger partial charge on any atom is 0.329 e. The maximum absolute atomic E-state index is 12.2. The third-order valence-electron chi connectivity index (χ3n) is 3.55. The van der Waals surface area contributed by atoms with Gasteiger partial charge in [-0.05, 0) is 29.8 Å². The van der Waals surface area contributed by atoms with Crippen LogP contribution in [0.3, 0.4) is 0 Å². The summed E-state index contributed by atoms with van der Waals surface area (Å²) in [6, 6.07) is 16.7. The van der Waals surface area contributed by atoms with Crippen LogP contribution in [-0.2, 0) is 6.54 Å². The zero-order chi connectivity index (χ0) is 17.8. The molecule has 3 rings (SSSR count). The molecule has 1 heterocycles. The van der Waals surface area contributed by atoms with Crippen LogP contribution in [-0.4, -0.2) is 15.5 Å². The number of aromatic amines is 1. The van der Waals surface area contributed by atoms with Gasteiger partial charge in [0, 0.05) is 16.8 Å². The highest BCUT2D eigenvalue weighted by molar-refractivity contribution is 6.30. The summed E-state index contributed by atoms with van der Waals surface area (Å²) in [4.78, 5) is 39.0. The van der Waals surface area contributed by atoms with Crippen LogP contribution in [0.1, 0.15) is 16.1 Å². The molecule has 0 unspecified atom stereocenters. The SMILES string of the molecule is O=C(Nc1ccc(Cl)cc1)c1cc(=O)n(Cc2ccccc2)c(=O)[nH]1. The van der Waals surface area contributed by atoms with Gasteiger partial charge in [0.1, 0.15) is 5.69 Å². The number of halogens is 1. The predicted molar refractivity (Wildman–Crippen MR) is 96.3 cm³/mol. The van der Waals surface area contributed by atoms with Crippen LogP contribution in [0, 0.1) is 0 Å². The number of nitrogens with zero attached hydrogens (tertiary/aromatic N) is 1. The van der Waals surface area contributed by atoms with Crippen molar-refractivity contribution >= 4 is 23.2 Å². The third-order valence-corrected chi connectivity index (χ3v) is 3.80. The van der Waals surface area contributed by atoms with Crippen molar-refractivity contribution < 1.29 is 4.79 Å². The first-order valence-electron chi connectivity index (χ1n) is 7.48. The normalized spacial score (nSPS) is 10.4. The highest BCUT2D eigenvalue weighted by Gasteiger charge is 2.12. The van der Waals surface area contributed by atoms with E-state index < -0.39 is 17.2 Å². The Labute approximate surface area is 147 Å². The summed E-state index contributed by atoms with van der Waals surface area (Å²) in [6.07, 6.45) is 0. The number of nitrogens with one attached hydrogen (secondary N) is 2. The summed E-state index contributed by atoms with van der Waals surface area (Å²) in [5, 5.41) is 3.13. The van der Waals surface area contributed by atoms with Gasteiger partial charge in [-0.1, -0.05) is 41.9 Å². The van der Waals surface area contributed by atoms with E-state index in [9.17, 15) is 14.4 Å². The van der Waals surface area contributed by atoms with Crippen LogP contribution in [0.2, 0.25) is 5.02 Å². The molecule has 0 aliphatic carbocycles. The molecule has 2 N–H and O–H groups in total. The molecule has 0 saturated heterocycles. The van der Waals surface area contributed by atoms with E-state index in [1.54, 1.807) is 24.3 Å². The van der Waals surface area contributed by atoms with Crippen LogP contribution < -0.4 is 16.6 Å². The number of hydrogen-bond acceptors (Lipinski definition) is 3. The average Bonchev–Trinajstić information content (AvgIpc) is 2.61. The highest BCUT2D eigenvalue weighted by Crippen LogP contribution is 2.13. The van der Waals surface area contributed by atoms with Crippen molar-refractivity contribution in [2.75, 3.05) is 5.32 Å². The summed E-state index contributed by atoms with van der Waals surface area (Å²) >= 11 is 5.79. The first kappa shape index (κ1) is 16.7. The Balaban J connectivity index is 1.84. The molecule has 7 heteroatoms. The molecule has 0 spiro atoms. The van der Waals surface area contributed by atoms with Gasteiger partial charge in [-0.25, -0.2) is 4.79 Å². The van der Waals surface area contributed by atoms with E-state index in [1.165, 1.54) is 0 Å². The number of H-pyrrole nitrogens is 1. The van der Waals surface area contributed by atoms with Gasteiger partial charge >= 0.3 is 5.69 Å². The third kappa shape index (κ3) is 4.05. The summed E-state index contributed by atoms with van der Waals surface area (Å²) in [6.45, 7) is 0.133. The number of amides is 1. The van der Waals surface area contributed by atoms with Crippen LogP contribution in [0.15, 0.2) is 70.3 Å². The summed E-state index contributed by atoms with van der Waals surface area (Å²) in [5.41, 5.74) is 0.0258. The second kappa shape index (κ2) is 7.19. The van der Waals surface area contributed by atoms with Crippen molar-refractivity contribution in [2.45, 2.75) is 6.54 Å². The minimum Gasteiger partial charge on any atom is -0.321 e. The van der Waals surface area contributed by atoms with E-state index in [0.29, 0.717) is 10.7 Å². The van der Waals surface area contributed by atoms with Crippen LogP contribution >= 0.6 is 11.6 Å². The monoisotopic (exact) mass is 355 g/mol. The van der Waals surface area contributed by atoms with E-state index in [1.807, 2.05) is 30.3 Å². The molecule has 0 aliphatic rings. The van der Waals surface area contributed by atoms with Gasteiger partial charge in [0.25, 0.3) is 11.5 Å². The highest BCUT2D eigenvalue weighted by atomic mass is 35.5. The fourth-order valence-electron chi connectivity index (χ4n) is 2.29. The Morgan fingerprint density at radius 2 is 1.72 bits per heavy atom. The Hall–Kier alpha value is -3.12. The molecule has 0 fully saturated rings. The van der Waals surface area contributed by atoms with Crippen molar-refractivity contribution in [3.05, 3.63) is 97.8 Å². The van der Waals surface area contributed by atoms with Crippen molar-refractivity contribution in [3.63, 3.8) is 0 Å². The van der Waals surface area contributed by atoms with Crippen molar-refractivity contribution in [1.82, 2.24) is 9.55 Å². The van der Waals surface area contributed by atoms with Crippen LogP contribution in [0.4, 0.5) is 5.69 Å². The molecule has 0 atom stereocenters. The standard InChI is InChI=1S/C18H14ClN3O3/c19-13-6-8-14(9-7-13)20-17(24)15-10-16(23)22(18(25)21-15)11-12-4-2-1-3-5-12/h1-10H,11H2,(H,20,24)(H,21,25). The molecular weight excluding hydrogens is 342 g/mol. The molecule has 25 heavy (non-hydrogen) atoms. The lowest BCUT2D eigenvalue weighted by Gasteiger charge is -2.08. The first-order valence-corrected chi connectivity index (χ1v) is 7.86. The van der Waals surface area contributed by atoms with Gasteiger partial charge in [-0.2, -0.15) is 0 Å². The number of anilines is 1. The zero-order valence-corrected chi connectivity index (χ0v) is 13.8. The van der Waals surface area contributed by atoms with E-state index in [-0.39, 0.29) is 12.2 Å². The smallest absolute Gasteiger partial charge is 0.321 e. The zero-order valence-electron chi connectivity index (χ0n) is 13.0. The molecule has 0 saturated carbocycles. The quantitative estimate of drug-likeness (QED) is 0.754. The molecule has 3 aromatic rings. The largest absolute Gasteiger partial charge is 0.329 e. The molecule has 0 radical (unpaired) electrons. The van der Waals surface area contributed by atoms with Gasteiger partial charge in [-0.15, -0.1) is 0 Å². The summed E-state index contributed by atoms with van der Waals surface area (Å²) in [7, 11) is 0. The van der Waals surface area contributed by atoms with E-state index in [0.717, 1.165) is 16.2 Å². The number of benzene rings is 2. The minimum atomic E-state index is -0.641. The fraction of sp³-hybridized carbons (Fsp3) is 0.0556. The maximum atomic E-state index is 12.2. The Kier molecular flexibility index (Phi) is 4.81. The molecule has 0 bridgehead atoms. The van der Waals surface area contributed by atoms with Crippen molar-refractivity contribution in [3.8, 4) is 0 Å². The lowest BCUT2D eigenvalue weighted by Crippen LogP contribution is -2.37. The molecule has 2 aromatic carbocycles. The van der Waals surface area contributed by atoms with Crippen LogP contribution in [0.25, 0.3) is 0 Å². The number of carbonyl (C=O) groups excluding carboxylic acids is 1. The average molecular weight is 356 g/mol. The lowest BCUT2D eigenvalue weighted by molar-refractivity contribution is 0.102. The number of aromatic nitrogens is 2. The van der Waals surface area contributed by atoms with Crippen molar-refractivity contribution in [1.29, 1.82) is 0 Å². The summed E-state index contributed by atoms with van der Waals surface area (Å²) < 4.78 is 1.04. The van der Waals surface area contributed by atoms with Crippen LogP contribution in [0.5, 0.6) is 0 Å². The number of rotatable bonds is 4. The Morgan fingerprint density at radius 1 is 1.04 bits per heavy atom. The fourth-order valence-corrected chi connectivity index (χ4v) is 2.42. The molecule has 1 amide bonds. The second-order valence-electron chi connectivity index (χ2n) is 5.36. The number of carbonyl (C=O) groups is 1. The number of hydrogen-bond donors (Lipinski definition) is 2. The van der Waals surface area contributed by atoms with E-state index in [2.05, 4.69) is 10.3 Å². The van der Waals surface area contributed by atoms with Gasteiger partial charge < -0.3 is 10.3 Å². The Bertz CT molecular complexity index is 977. The van der Waals surface area contributed by atoms with Gasteiger partial charge in [-0.3, -0.25) is 14.2 Å². The predicted octanol–water partition coefficient (Wildman–Crippen LogP) is 2.49.